The first-order valence-electron chi connectivity index (χ1n) is 13.3. The topological polar surface area (TPSA) is 241 Å². The van der Waals surface area contributed by atoms with E-state index < -0.39 is 47.9 Å². The maximum Gasteiger partial charge on any atom is 0.326 e. The lowest BCUT2D eigenvalue weighted by molar-refractivity contribution is -0.142. The third-order valence-corrected chi connectivity index (χ3v) is 6.67. The van der Waals surface area contributed by atoms with Crippen LogP contribution in [0.2, 0.25) is 0 Å². The molecule has 13 nitrogen and oxygen atoms in total. The summed E-state index contributed by atoms with van der Waals surface area (Å²) in [5, 5.41) is 17.5. The maximum absolute atomic E-state index is 13.4. The van der Waals surface area contributed by atoms with Crippen LogP contribution in [0.5, 0.6) is 0 Å². The SMILES string of the molecule is CSCCC(NC(=O)C(Cc1ccccc1)NC(=O)C(CCCCN)NC(=O)C(N)CCCN=C(N)N)C(=O)O. The smallest absolute Gasteiger partial charge is 0.326 e. The lowest BCUT2D eigenvalue weighted by Gasteiger charge is -2.25. The van der Waals surface area contributed by atoms with Crippen LogP contribution < -0.4 is 38.9 Å². The molecular weight excluding hydrogens is 536 g/mol. The van der Waals surface area contributed by atoms with Crippen LogP contribution in [0.3, 0.4) is 0 Å². The number of guanidine groups is 1. The number of rotatable bonds is 20. The molecule has 12 N–H and O–H groups in total. The summed E-state index contributed by atoms with van der Waals surface area (Å²) in [6.07, 6.45) is 4.43. The summed E-state index contributed by atoms with van der Waals surface area (Å²) in [7, 11) is 0. The third-order valence-electron chi connectivity index (χ3n) is 6.03. The van der Waals surface area contributed by atoms with Crippen LogP contribution in [0.25, 0.3) is 0 Å². The van der Waals surface area contributed by atoms with E-state index in [2.05, 4.69) is 20.9 Å². The second-order valence-electron chi connectivity index (χ2n) is 9.33. The van der Waals surface area contributed by atoms with E-state index >= 15 is 0 Å². The Balaban J connectivity index is 3.03. The molecule has 40 heavy (non-hydrogen) atoms. The molecule has 0 aliphatic carbocycles. The van der Waals surface area contributed by atoms with Crippen LogP contribution in [0.15, 0.2) is 35.3 Å². The Kier molecular flexibility index (Phi) is 17.0. The number of nitrogens with zero attached hydrogens (tertiary/aromatic N) is 1. The summed E-state index contributed by atoms with van der Waals surface area (Å²) >= 11 is 1.46. The van der Waals surface area contributed by atoms with Crippen LogP contribution in [-0.2, 0) is 25.6 Å². The standard InChI is InChI=1S/C26H44N8O5S/c1-40-15-12-20(25(38)39)33-24(37)21(16-17-8-3-2-4-9-17)34-23(36)19(11-5-6-13-27)32-22(35)18(28)10-7-14-31-26(29)30/h2-4,8-9,18-21H,5-7,10-16,27-28H2,1H3,(H,32,35)(H,33,37)(H,34,36)(H,38,39)(H4,29,30,31). The minimum absolute atomic E-state index is 0.0531. The number of carbonyl (C=O) groups is 4. The van der Waals surface area contributed by atoms with Crippen molar-refractivity contribution in [3.05, 3.63) is 35.9 Å². The molecule has 0 aromatic heterocycles. The summed E-state index contributed by atoms with van der Waals surface area (Å²) in [4.78, 5) is 55.0. The molecule has 1 rings (SSSR count). The predicted octanol–water partition coefficient (Wildman–Crippen LogP) is -0.969. The molecule has 14 heteroatoms. The van der Waals surface area contributed by atoms with Gasteiger partial charge in [-0.25, -0.2) is 4.79 Å². The number of carboxylic acids is 1. The van der Waals surface area contributed by atoms with Crippen molar-refractivity contribution >= 4 is 41.4 Å². The number of nitrogens with one attached hydrogen (secondary N) is 3. The molecule has 0 heterocycles. The van der Waals surface area contributed by atoms with E-state index in [0.717, 1.165) is 5.56 Å². The number of carbonyl (C=O) groups excluding carboxylic acids is 3. The van der Waals surface area contributed by atoms with Crippen molar-refractivity contribution in [2.24, 2.45) is 27.9 Å². The molecule has 1 aromatic carbocycles. The molecule has 0 saturated carbocycles. The van der Waals surface area contributed by atoms with Gasteiger partial charge in [0.2, 0.25) is 17.7 Å². The average molecular weight is 581 g/mol. The normalized spacial score (nSPS) is 13.8. The van der Waals surface area contributed by atoms with Gasteiger partial charge in [-0.15, -0.1) is 0 Å². The Morgan fingerprint density at radius 2 is 1.50 bits per heavy atom. The monoisotopic (exact) mass is 580 g/mol. The minimum Gasteiger partial charge on any atom is -0.480 e. The number of hydrogen-bond acceptors (Lipinski definition) is 8. The number of aliphatic carboxylic acids is 1. The Bertz CT molecular complexity index is 962. The third kappa shape index (κ3) is 14.1. The van der Waals surface area contributed by atoms with Crippen molar-refractivity contribution in [1.82, 2.24) is 16.0 Å². The van der Waals surface area contributed by atoms with Crippen LogP contribution in [0, 0.1) is 0 Å². The van der Waals surface area contributed by atoms with Crippen LogP contribution in [-0.4, -0.2) is 84.0 Å². The first-order chi connectivity index (χ1) is 19.1. The lowest BCUT2D eigenvalue weighted by atomic mass is 10.0. The fourth-order valence-electron chi connectivity index (χ4n) is 3.79. The molecule has 224 valence electrons. The fraction of sp³-hybridized carbons (Fsp3) is 0.577. The van der Waals surface area contributed by atoms with Gasteiger partial charge in [0.05, 0.1) is 6.04 Å². The molecule has 3 amide bonds. The summed E-state index contributed by atoms with van der Waals surface area (Å²) in [6, 6.07) is 4.98. The van der Waals surface area contributed by atoms with E-state index in [4.69, 9.17) is 22.9 Å². The second kappa shape index (κ2) is 19.7. The van der Waals surface area contributed by atoms with Gasteiger partial charge in [0, 0.05) is 13.0 Å². The Morgan fingerprint density at radius 1 is 0.875 bits per heavy atom. The summed E-state index contributed by atoms with van der Waals surface area (Å²) in [5.74, 6) is -2.41. The van der Waals surface area contributed by atoms with Gasteiger partial charge in [-0.1, -0.05) is 30.3 Å². The van der Waals surface area contributed by atoms with Crippen molar-refractivity contribution < 1.29 is 24.3 Å². The molecule has 0 spiro atoms. The van der Waals surface area contributed by atoms with E-state index in [1.54, 1.807) is 24.3 Å². The zero-order valence-corrected chi connectivity index (χ0v) is 23.8. The van der Waals surface area contributed by atoms with Crippen molar-refractivity contribution in [2.45, 2.75) is 69.1 Å². The quantitative estimate of drug-likeness (QED) is 0.0533. The van der Waals surface area contributed by atoms with Crippen molar-refractivity contribution in [1.29, 1.82) is 0 Å². The Morgan fingerprint density at radius 3 is 2.10 bits per heavy atom. The van der Waals surface area contributed by atoms with Gasteiger partial charge in [0.1, 0.15) is 18.1 Å². The highest BCUT2D eigenvalue weighted by Crippen LogP contribution is 2.09. The zero-order valence-electron chi connectivity index (χ0n) is 23.0. The molecule has 1 aromatic rings. The Hall–Kier alpha value is -3.36. The van der Waals surface area contributed by atoms with Gasteiger partial charge >= 0.3 is 5.97 Å². The number of thioether (sulfide) groups is 1. The molecule has 0 aliphatic heterocycles. The van der Waals surface area contributed by atoms with Gasteiger partial charge in [0.25, 0.3) is 0 Å². The van der Waals surface area contributed by atoms with E-state index in [1.165, 1.54) is 11.8 Å². The number of amides is 3. The number of carboxylic acid groups (broad SMARTS) is 1. The largest absolute Gasteiger partial charge is 0.480 e. The van der Waals surface area contributed by atoms with Crippen LogP contribution in [0.1, 0.15) is 44.1 Å². The van der Waals surface area contributed by atoms with E-state index in [9.17, 15) is 24.3 Å². The number of aliphatic imine (C=N–C) groups is 1. The highest BCUT2D eigenvalue weighted by molar-refractivity contribution is 7.98. The molecule has 0 bridgehead atoms. The predicted molar refractivity (Wildman–Crippen MR) is 157 cm³/mol. The molecular formula is C26H44N8O5S. The minimum atomic E-state index is -1.16. The molecule has 0 fully saturated rings. The van der Waals surface area contributed by atoms with Gasteiger partial charge in [-0.05, 0) is 62.6 Å². The van der Waals surface area contributed by atoms with Crippen molar-refractivity contribution in [3.63, 3.8) is 0 Å². The van der Waals surface area contributed by atoms with E-state index in [-0.39, 0.29) is 25.2 Å². The second-order valence-corrected chi connectivity index (χ2v) is 10.3. The van der Waals surface area contributed by atoms with Gasteiger partial charge < -0.3 is 44.0 Å². The average Bonchev–Trinajstić information content (AvgIpc) is 2.92. The van der Waals surface area contributed by atoms with Gasteiger partial charge in [0.15, 0.2) is 5.96 Å². The number of benzene rings is 1. The van der Waals surface area contributed by atoms with Gasteiger partial charge in [-0.3, -0.25) is 19.4 Å². The van der Waals surface area contributed by atoms with Crippen molar-refractivity contribution in [2.75, 3.05) is 25.1 Å². The molecule has 4 atom stereocenters. The number of nitrogens with two attached hydrogens (primary N) is 4. The number of unbranched alkanes of at least 4 members (excludes halogenated alkanes) is 1. The lowest BCUT2D eigenvalue weighted by Crippen LogP contribution is -2.57. The van der Waals surface area contributed by atoms with Crippen LogP contribution in [0.4, 0.5) is 0 Å². The molecule has 4 unspecified atom stereocenters. The Labute approximate surface area is 239 Å². The maximum atomic E-state index is 13.4. The van der Waals surface area contributed by atoms with Gasteiger partial charge in [-0.2, -0.15) is 11.8 Å². The molecule has 0 aliphatic rings. The molecule has 0 radical (unpaired) electrons. The van der Waals surface area contributed by atoms with E-state index in [1.807, 2.05) is 12.3 Å². The molecule has 0 saturated heterocycles. The summed E-state index contributed by atoms with van der Waals surface area (Å²) < 4.78 is 0. The first kappa shape index (κ1) is 34.7. The summed E-state index contributed by atoms with van der Waals surface area (Å²) in [6.45, 7) is 0.729. The summed E-state index contributed by atoms with van der Waals surface area (Å²) in [5.41, 5.74) is 23.0. The fourth-order valence-corrected chi connectivity index (χ4v) is 4.26. The highest BCUT2D eigenvalue weighted by Gasteiger charge is 2.30. The van der Waals surface area contributed by atoms with Crippen molar-refractivity contribution in [3.8, 4) is 0 Å². The number of hydrogen-bond donors (Lipinski definition) is 8. The highest BCUT2D eigenvalue weighted by atomic mass is 32.2. The van der Waals surface area contributed by atoms with E-state index in [0.29, 0.717) is 44.5 Å². The van der Waals surface area contributed by atoms with Crippen LogP contribution >= 0.6 is 11.8 Å². The first-order valence-corrected chi connectivity index (χ1v) is 14.7. The zero-order chi connectivity index (χ0) is 29.9.